The number of Topliss-reactive ketones (excluding diaryl/α,β-unsaturated/α-hetero) is 2. The number of fused-ring (bicyclic) bond motifs is 3. The molecule has 6 heteroatoms. The Bertz CT molecular complexity index is 1710. The summed E-state index contributed by atoms with van der Waals surface area (Å²) in [5.74, 6) is -0.800. The summed E-state index contributed by atoms with van der Waals surface area (Å²) in [5.41, 5.74) is 2.16. The van der Waals surface area contributed by atoms with Gasteiger partial charge in [0.1, 0.15) is 5.01 Å². The van der Waals surface area contributed by atoms with Gasteiger partial charge in [-0.2, -0.15) is 0 Å². The second-order valence-electron chi connectivity index (χ2n) is 9.99. The molecule has 0 saturated carbocycles. The van der Waals surface area contributed by atoms with Gasteiger partial charge in [0, 0.05) is 22.1 Å². The molecule has 0 aliphatic heterocycles. The van der Waals surface area contributed by atoms with E-state index < -0.39 is 5.41 Å². The minimum Gasteiger partial charge on any atom is -0.288 e. The van der Waals surface area contributed by atoms with Crippen molar-refractivity contribution in [1.82, 2.24) is 9.55 Å². The predicted molar refractivity (Wildman–Crippen MR) is 144 cm³/mol. The number of carbonyl (C=O) groups excluding carboxylic acids is 3. The van der Waals surface area contributed by atoms with Gasteiger partial charge < -0.3 is 0 Å². The highest BCUT2D eigenvalue weighted by molar-refractivity contribution is 7.21. The molecule has 0 saturated heterocycles. The molecule has 36 heavy (non-hydrogen) atoms. The minimum absolute atomic E-state index is 0.0664. The SMILES string of the molecule is CC(C)(C)C(=O)n1c(C=C2C(=O)c3cc4ccccc4cc3C2=O)cc2sc(-c3ccccc3)nc21. The van der Waals surface area contributed by atoms with E-state index in [-0.39, 0.29) is 23.0 Å². The molecule has 0 N–H and O–H groups in total. The van der Waals surface area contributed by atoms with Crippen molar-refractivity contribution in [2.75, 3.05) is 0 Å². The number of nitrogens with zero attached hydrogens (tertiary/aromatic N) is 2. The quantitative estimate of drug-likeness (QED) is 0.196. The highest BCUT2D eigenvalue weighted by atomic mass is 32.1. The normalized spacial score (nSPS) is 13.6. The molecule has 0 unspecified atom stereocenters. The largest absolute Gasteiger partial charge is 0.288 e. The zero-order valence-electron chi connectivity index (χ0n) is 20.0. The lowest BCUT2D eigenvalue weighted by molar-refractivity contribution is 0.0770. The Morgan fingerprint density at radius 3 is 2.03 bits per heavy atom. The lowest BCUT2D eigenvalue weighted by Crippen LogP contribution is -2.27. The van der Waals surface area contributed by atoms with Crippen molar-refractivity contribution < 1.29 is 14.4 Å². The zero-order chi connectivity index (χ0) is 25.2. The molecule has 5 nitrogen and oxygen atoms in total. The number of allylic oxidation sites excluding steroid dienone is 1. The number of aromatic nitrogens is 2. The van der Waals surface area contributed by atoms with Gasteiger partial charge in [-0.15, -0.1) is 11.3 Å². The van der Waals surface area contributed by atoms with Gasteiger partial charge in [-0.25, -0.2) is 4.98 Å². The fraction of sp³-hybridized carbons (Fsp3) is 0.133. The summed E-state index contributed by atoms with van der Waals surface area (Å²) >= 11 is 1.48. The summed E-state index contributed by atoms with van der Waals surface area (Å²) in [4.78, 5) is 45.0. The van der Waals surface area contributed by atoms with Crippen molar-refractivity contribution in [3.63, 3.8) is 0 Å². The van der Waals surface area contributed by atoms with Crippen LogP contribution in [-0.2, 0) is 0 Å². The lowest BCUT2D eigenvalue weighted by Gasteiger charge is -2.18. The number of thiazole rings is 1. The standard InChI is InChI=1S/C30H22N2O3S/c1-30(2,3)29(35)32-20(16-24-27(32)31-28(36-24)17-9-5-4-6-10-17)15-23-25(33)21-13-18-11-7-8-12-19(18)14-22(21)26(23)34/h4-16H,1-3H3. The van der Waals surface area contributed by atoms with Gasteiger partial charge >= 0.3 is 0 Å². The third-order valence-corrected chi connectivity index (χ3v) is 7.45. The molecule has 5 aromatic rings. The number of hydrogen-bond donors (Lipinski definition) is 0. The Kier molecular flexibility index (Phi) is 4.92. The van der Waals surface area contributed by atoms with Crippen LogP contribution in [0.15, 0.2) is 78.4 Å². The van der Waals surface area contributed by atoms with Crippen LogP contribution in [-0.4, -0.2) is 27.0 Å². The van der Waals surface area contributed by atoms with E-state index in [2.05, 4.69) is 0 Å². The van der Waals surface area contributed by atoms with Gasteiger partial charge in [0.15, 0.2) is 17.2 Å². The molecule has 3 aromatic carbocycles. The summed E-state index contributed by atoms with van der Waals surface area (Å²) in [5, 5.41) is 2.62. The van der Waals surface area contributed by atoms with E-state index in [9.17, 15) is 14.4 Å². The molecule has 0 atom stereocenters. The molecule has 0 amide bonds. The minimum atomic E-state index is -0.694. The maximum atomic E-state index is 13.6. The van der Waals surface area contributed by atoms with Crippen molar-refractivity contribution in [3.8, 4) is 10.6 Å². The fourth-order valence-corrected chi connectivity index (χ4v) is 5.55. The number of benzene rings is 3. The van der Waals surface area contributed by atoms with Gasteiger partial charge in [0.2, 0.25) is 5.91 Å². The molecule has 6 rings (SSSR count). The molecule has 0 fully saturated rings. The summed E-state index contributed by atoms with van der Waals surface area (Å²) in [6, 6.07) is 22.8. The van der Waals surface area contributed by atoms with Crippen LogP contribution in [0.25, 0.3) is 37.8 Å². The van der Waals surface area contributed by atoms with Gasteiger partial charge in [-0.05, 0) is 35.0 Å². The van der Waals surface area contributed by atoms with Crippen molar-refractivity contribution in [3.05, 3.63) is 95.2 Å². The molecule has 0 bridgehead atoms. The zero-order valence-corrected chi connectivity index (χ0v) is 20.8. The Labute approximate surface area is 211 Å². The number of ketones is 2. The van der Waals surface area contributed by atoms with Gasteiger partial charge in [-0.1, -0.05) is 75.4 Å². The van der Waals surface area contributed by atoms with Crippen molar-refractivity contribution in [1.29, 1.82) is 0 Å². The van der Waals surface area contributed by atoms with E-state index in [1.54, 1.807) is 22.8 Å². The topological polar surface area (TPSA) is 69.0 Å². The van der Waals surface area contributed by atoms with Crippen molar-refractivity contribution in [2.24, 2.45) is 5.41 Å². The van der Waals surface area contributed by atoms with Crippen LogP contribution in [0.1, 0.15) is 52.0 Å². The molecule has 1 aliphatic rings. The molecular formula is C30H22N2O3S. The summed E-state index contributed by atoms with van der Waals surface area (Å²) in [7, 11) is 0. The van der Waals surface area contributed by atoms with Crippen molar-refractivity contribution >= 4 is 56.0 Å². The van der Waals surface area contributed by atoms with Gasteiger partial charge in [-0.3, -0.25) is 19.0 Å². The van der Waals surface area contributed by atoms with Crippen LogP contribution in [0, 0.1) is 5.41 Å². The smallest absolute Gasteiger partial charge is 0.238 e. The van der Waals surface area contributed by atoms with Gasteiger partial charge in [0.05, 0.1) is 16.0 Å². The first kappa shape index (κ1) is 22.3. The van der Waals surface area contributed by atoms with Crippen LogP contribution >= 0.6 is 11.3 Å². The first-order valence-electron chi connectivity index (χ1n) is 11.7. The molecule has 1 aliphatic carbocycles. The van der Waals surface area contributed by atoms with E-state index in [4.69, 9.17) is 4.98 Å². The van der Waals surface area contributed by atoms with Crippen LogP contribution in [0.4, 0.5) is 0 Å². The maximum Gasteiger partial charge on any atom is 0.238 e. The van der Waals surface area contributed by atoms with E-state index in [1.165, 1.54) is 11.3 Å². The third kappa shape index (κ3) is 3.45. The van der Waals surface area contributed by atoms with E-state index in [0.29, 0.717) is 22.5 Å². The van der Waals surface area contributed by atoms with E-state index in [1.807, 2.05) is 81.4 Å². The highest BCUT2D eigenvalue weighted by Gasteiger charge is 2.35. The summed E-state index contributed by atoms with van der Waals surface area (Å²) in [6.45, 7) is 5.53. The maximum absolute atomic E-state index is 13.6. The highest BCUT2D eigenvalue weighted by Crippen LogP contribution is 2.36. The monoisotopic (exact) mass is 490 g/mol. The molecule has 2 aromatic heterocycles. The Morgan fingerprint density at radius 2 is 1.44 bits per heavy atom. The van der Waals surface area contributed by atoms with E-state index >= 15 is 0 Å². The average molecular weight is 491 g/mol. The second-order valence-corrected chi connectivity index (χ2v) is 11.0. The summed E-state index contributed by atoms with van der Waals surface area (Å²) in [6.07, 6.45) is 1.55. The molecule has 0 spiro atoms. The Hall–Kier alpha value is -4.16. The molecule has 2 heterocycles. The third-order valence-electron chi connectivity index (χ3n) is 6.41. The average Bonchev–Trinajstić information content (AvgIpc) is 3.49. The number of rotatable bonds is 2. The van der Waals surface area contributed by atoms with Crippen molar-refractivity contribution in [2.45, 2.75) is 20.8 Å². The second kappa shape index (κ2) is 7.93. The van der Waals surface area contributed by atoms with Crippen LogP contribution < -0.4 is 0 Å². The summed E-state index contributed by atoms with van der Waals surface area (Å²) < 4.78 is 2.37. The Balaban J connectivity index is 1.52. The molecule has 176 valence electrons. The first-order valence-corrected chi connectivity index (χ1v) is 12.5. The lowest BCUT2D eigenvalue weighted by atomic mass is 9.95. The number of hydrogen-bond acceptors (Lipinski definition) is 5. The number of carbonyl (C=O) groups is 3. The molecular weight excluding hydrogens is 468 g/mol. The van der Waals surface area contributed by atoms with Gasteiger partial charge in [0.25, 0.3) is 0 Å². The Morgan fingerprint density at radius 1 is 0.861 bits per heavy atom. The predicted octanol–water partition coefficient (Wildman–Crippen LogP) is 7.07. The van der Waals surface area contributed by atoms with Crippen LogP contribution in [0.5, 0.6) is 0 Å². The first-order chi connectivity index (χ1) is 17.2. The van der Waals surface area contributed by atoms with Crippen LogP contribution in [0.3, 0.4) is 0 Å². The van der Waals surface area contributed by atoms with E-state index in [0.717, 1.165) is 26.0 Å². The fourth-order valence-electron chi connectivity index (χ4n) is 4.55. The molecule has 0 radical (unpaired) electrons. The van der Waals surface area contributed by atoms with Crippen LogP contribution in [0.2, 0.25) is 0 Å².